The Bertz CT molecular complexity index is 1130. The number of aromatic nitrogens is 5. The van der Waals surface area contributed by atoms with Crippen molar-refractivity contribution in [2.24, 2.45) is 0 Å². The van der Waals surface area contributed by atoms with Crippen molar-refractivity contribution in [1.82, 2.24) is 25.3 Å². The molecule has 142 valence electrons. The summed E-state index contributed by atoms with van der Waals surface area (Å²) in [6, 6.07) is 9.87. The molecule has 0 atom stereocenters. The molecule has 0 spiro atoms. The molecule has 0 aliphatic rings. The fourth-order valence-electron chi connectivity index (χ4n) is 2.53. The molecule has 3 heterocycles. The SMILES string of the molecule is Cc1cc(Nc2nc(N(C)c3cc(-c4ccccc4F)no3)ncc2Br)n[nH]1. The van der Waals surface area contributed by atoms with Crippen LogP contribution >= 0.6 is 15.9 Å². The molecule has 0 aliphatic carbocycles. The molecule has 28 heavy (non-hydrogen) atoms. The first-order valence-corrected chi connectivity index (χ1v) is 9.07. The quantitative estimate of drug-likeness (QED) is 0.465. The van der Waals surface area contributed by atoms with Crippen LogP contribution in [0.25, 0.3) is 11.3 Å². The lowest BCUT2D eigenvalue weighted by Crippen LogP contribution is -2.13. The van der Waals surface area contributed by atoms with Crippen molar-refractivity contribution in [3.8, 4) is 11.3 Å². The summed E-state index contributed by atoms with van der Waals surface area (Å²) in [7, 11) is 1.73. The van der Waals surface area contributed by atoms with E-state index in [2.05, 4.69) is 46.6 Å². The van der Waals surface area contributed by atoms with Gasteiger partial charge in [-0.05, 0) is 35.0 Å². The fourth-order valence-corrected chi connectivity index (χ4v) is 2.82. The Hall–Kier alpha value is -3.27. The smallest absolute Gasteiger partial charge is 0.234 e. The second-order valence-corrected chi connectivity index (χ2v) is 6.87. The van der Waals surface area contributed by atoms with Gasteiger partial charge in [-0.3, -0.25) is 10.00 Å². The van der Waals surface area contributed by atoms with E-state index in [0.29, 0.717) is 39.2 Å². The number of aromatic amines is 1. The van der Waals surface area contributed by atoms with Crippen LogP contribution in [0.5, 0.6) is 0 Å². The van der Waals surface area contributed by atoms with Gasteiger partial charge in [0.05, 0.1) is 4.47 Å². The predicted molar refractivity (Wildman–Crippen MR) is 106 cm³/mol. The number of benzene rings is 1. The van der Waals surface area contributed by atoms with Crippen LogP contribution in [0.3, 0.4) is 0 Å². The molecule has 2 N–H and O–H groups in total. The van der Waals surface area contributed by atoms with Crippen molar-refractivity contribution < 1.29 is 8.91 Å². The number of hydrogen-bond acceptors (Lipinski definition) is 7. The van der Waals surface area contributed by atoms with E-state index in [1.54, 1.807) is 42.4 Å². The van der Waals surface area contributed by atoms with Crippen molar-refractivity contribution in [1.29, 1.82) is 0 Å². The summed E-state index contributed by atoms with van der Waals surface area (Å²) in [6.45, 7) is 1.91. The van der Waals surface area contributed by atoms with Gasteiger partial charge in [0.15, 0.2) is 11.6 Å². The van der Waals surface area contributed by atoms with Crippen LogP contribution in [-0.4, -0.2) is 32.4 Å². The zero-order chi connectivity index (χ0) is 19.7. The monoisotopic (exact) mass is 443 g/mol. The third kappa shape index (κ3) is 3.58. The Kier molecular flexibility index (Phi) is 4.78. The molecule has 3 aromatic heterocycles. The number of rotatable bonds is 5. The zero-order valence-corrected chi connectivity index (χ0v) is 16.5. The lowest BCUT2D eigenvalue weighted by atomic mass is 10.1. The van der Waals surface area contributed by atoms with Crippen LogP contribution in [0.2, 0.25) is 0 Å². The van der Waals surface area contributed by atoms with Gasteiger partial charge in [0.25, 0.3) is 0 Å². The summed E-state index contributed by atoms with van der Waals surface area (Å²) in [5, 5.41) is 14.1. The third-order valence-electron chi connectivity index (χ3n) is 3.96. The van der Waals surface area contributed by atoms with Crippen molar-refractivity contribution in [3.63, 3.8) is 0 Å². The summed E-state index contributed by atoms with van der Waals surface area (Å²) in [5.41, 5.74) is 1.67. The highest BCUT2D eigenvalue weighted by molar-refractivity contribution is 9.10. The molecule has 4 rings (SSSR count). The highest BCUT2D eigenvalue weighted by Crippen LogP contribution is 2.30. The van der Waals surface area contributed by atoms with Crippen LogP contribution in [-0.2, 0) is 0 Å². The topological polar surface area (TPSA) is 95.8 Å². The number of nitrogens with one attached hydrogen (secondary N) is 2. The summed E-state index contributed by atoms with van der Waals surface area (Å²) in [6.07, 6.45) is 1.62. The maximum atomic E-state index is 14.0. The number of hydrogen-bond donors (Lipinski definition) is 2. The molecule has 0 radical (unpaired) electrons. The van der Waals surface area contributed by atoms with E-state index in [-0.39, 0.29) is 5.82 Å². The average Bonchev–Trinajstić information content (AvgIpc) is 3.33. The van der Waals surface area contributed by atoms with E-state index >= 15 is 0 Å². The molecule has 1 aromatic carbocycles. The minimum atomic E-state index is -0.370. The largest absolute Gasteiger partial charge is 0.338 e. The van der Waals surface area contributed by atoms with E-state index < -0.39 is 0 Å². The number of anilines is 4. The van der Waals surface area contributed by atoms with Gasteiger partial charge in [0.2, 0.25) is 11.8 Å². The Morgan fingerprint density at radius 1 is 1.25 bits per heavy atom. The van der Waals surface area contributed by atoms with Gasteiger partial charge >= 0.3 is 0 Å². The van der Waals surface area contributed by atoms with Gasteiger partial charge in [-0.15, -0.1) is 0 Å². The van der Waals surface area contributed by atoms with E-state index in [1.165, 1.54) is 6.07 Å². The number of H-pyrrole nitrogens is 1. The van der Waals surface area contributed by atoms with Crippen molar-refractivity contribution in [3.05, 3.63) is 58.6 Å². The van der Waals surface area contributed by atoms with Crippen molar-refractivity contribution in [2.75, 3.05) is 17.3 Å². The second kappa shape index (κ2) is 7.39. The molecule has 0 amide bonds. The summed E-state index contributed by atoms with van der Waals surface area (Å²) < 4.78 is 20.0. The van der Waals surface area contributed by atoms with E-state index in [4.69, 9.17) is 4.52 Å². The summed E-state index contributed by atoms with van der Waals surface area (Å²) >= 11 is 3.42. The highest BCUT2D eigenvalue weighted by Gasteiger charge is 2.17. The molecule has 8 nitrogen and oxygen atoms in total. The van der Waals surface area contributed by atoms with Gasteiger partial charge in [-0.1, -0.05) is 17.3 Å². The summed E-state index contributed by atoms with van der Waals surface area (Å²) in [4.78, 5) is 10.4. The van der Waals surface area contributed by atoms with Gasteiger partial charge in [-0.25, -0.2) is 9.37 Å². The number of aryl methyl sites for hydroxylation is 1. The van der Waals surface area contributed by atoms with Crippen LogP contribution in [0.15, 0.2) is 51.6 Å². The van der Waals surface area contributed by atoms with Crippen LogP contribution in [0.1, 0.15) is 5.69 Å². The molecule has 0 aliphatic heterocycles. The molecule has 0 saturated carbocycles. The predicted octanol–water partition coefficient (Wildman–Crippen LogP) is 4.58. The Balaban J connectivity index is 1.61. The second-order valence-electron chi connectivity index (χ2n) is 6.02. The molecule has 0 bridgehead atoms. The van der Waals surface area contributed by atoms with Crippen molar-refractivity contribution in [2.45, 2.75) is 6.92 Å². The average molecular weight is 444 g/mol. The standard InChI is InChI=1S/C18H15BrFN7O/c1-10-7-15(25-24-10)22-17-12(19)9-21-18(23-17)27(2)16-8-14(26-28-16)11-5-3-4-6-13(11)20/h3-9H,1-2H3,(H2,21,22,23,24,25). The first kappa shape index (κ1) is 18.1. The van der Waals surface area contributed by atoms with E-state index in [0.717, 1.165) is 5.69 Å². The van der Waals surface area contributed by atoms with Gasteiger partial charge in [-0.2, -0.15) is 10.1 Å². The fraction of sp³-hybridized carbons (Fsp3) is 0.111. The Labute approximate surface area is 167 Å². The number of halogens is 2. The van der Waals surface area contributed by atoms with Gasteiger partial charge in [0.1, 0.15) is 11.5 Å². The normalized spacial score (nSPS) is 10.9. The number of nitrogens with zero attached hydrogens (tertiary/aromatic N) is 5. The summed E-state index contributed by atoms with van der Waals surface area (Å²) in [5.74, 6) is 1.55. The zero-order valence-electron chi connectivity index (χ0n) is 14.9. The van der Waals surface area contributed by atoms with Gasteiger partial charge in [0, 0.05) is 36.6 Å². The maximum absolute atomic E-state index is 14.0. The first-order valence-electron chi connectivity index (χ1n) is 8.28. The molecule has 0 unspecified atom stereocenters. The van der Waals surface area contributed by atoms with Gasteiger partial charge < -0.3 is 9.84 Å². The molecule has 0 fully saturated rings. The molecule has 10 heteroatoms. The highest BCUT2D eigenvalue weighted by atomic mass is 79.9. The van der Waals surface area contributed by atoms with Crippen LogP contribution in [0.4, 0.5) is 27.9 Å². The van der Waals surface area contributed by atoms with E-state index in [1.807, 2.05) is 13.0 Å². The lowest BCUT2D eigenvalue weighted by molar-refractivity contribution is 0.427. The maximum Gasteiger partial charge on any atom is 0.234 e. The molecule has 4 aromatic rings. The van der Waals surface area contributed by atoms with Crippen LogP contribution in [0, 0.1) is 12.7 Å². The Morgan fingerprint density at radius 2 is 2.07 bits per heavy atom. The lowest BCUT2D eigenvalue weighted by Gasteiger charge is -2.14. The van der Waals surface area contributed by atoms with E-state index in [9.17, 15) is 4.39 Å². The van der Waals surface area contributed by atoms with Crippen molar-refractivity contribution >= 4 is 39.4 Å². The molecular formula is C18H15BrFN7O. The third-order valence-corrected chi connectivity index (χ3v) is 4.54. The first-order chi connectivity index (χ1) is 13.5. The molecule has 0 saturated heterocycles. The Morgan fingerprint density at radius 3 is 2.82 bits per heavy atom. The molecular weight excluding hydrogens is 429 g/mol. The minimum absolute atomic E-state index is 0.360. The minimum Gasteiger partial charge on any atom is -0.338 e. The van der Waals surface area contributed by atoms with Crippen LogP contribution < -0.4 is 10.2 Å².